The van der Waals surface area contributed by atoms with E-state index >= 15 is 0 Å². The fourth-order valence-electron chi connectivity index (χ4n) is 3.54. The highest BCUT2D eigenvalue weighted by Gasteiger charge is 2.12. The third kappa shape index (κ3) is 3.31. The van der Waals surface area contributed by atoms with Crippen LogP contribution >= 0.6 is 0 Å². The van der Waals surface area contributed by atoms with Crippen molar-refractivity contribution in [2.24, 2.45) is 0 Å². The molecule has 4 aromatic heterocycles. The lowest BCUT2D eigenvalue weighted by atomic mass is 10.1. The lowest BCUT2D eigenvalue weighted by molar-refractivity contribution is 0.102. The molecule has 30 heavy (non-hydrogen) atoms. The van der Waals surface area contributed by atoms with Gasteiger partial charge in [0.25, 0.3) is 5.91 Å². The summed E-state index contributed by atoms with van der Waals surface area (Å²) in [6, 6.07) is 15.5. The molecule has 148 valence electrons. The summed E-state index contributed by atoms with van der Waals surface area (Å²) in [6.45, 7) is 0.790. The minimum atomic E-state index is -0.162. The van der Waals surface area contributed by atoms with Gasteiger partial charge in [-0.2, -0.15) is 5.10 Å². The summed E-state index contributed by atoms with van der Waals surface area (Å²) in [6.07, 6.45) is 7.28. The Kier molecular flexibility index (Phi) is 4.49. The number of H-pyrrole nitrogens is 1. The third-order valence-corrected chi connectivity index (χ3v) is 5.09. The highest BCUT2D eigenvalue weighted by molar-refractivity contribution is 6.05. The molecule has 0 aliphatic carbocycles. The largest absolute Gasteiger partial charge is 0.346 e. The molecule has 0 aliphatic rings. The topological polar surface area (TPSA) is 87.1 Å². The molecule has 0 aliphatic heterocycles. The van der Waals surface area contributed by atoms with Crippen molar-refractivity contribution in [3.05, 3.63) is 84.4 Å². The summed E-state index contributed by atoms with van der Waals surface area (Å²) >= 11 is 0. The van der Waals surface area contributed by atoms with Crippen LogP contribution in [0, 0.1) is 0 Å². The molecule has 5 aromatic rings. The van der Waals surface area contributed by atoms with E-state index in [0.29, 0.717) is 5.56 Å². The molecule has 0 saturated heterocycles. The van der Waals surface area contributed by atoms with Crippen LogP contribution < -0.4 is 10.6 Å². The molecule has 5 rings (SSSR count). The molecule has 0 fully saturated rings. The van der Waals surface area contributed by atoms with Crippen LogP contribution in [0.3, 0.4) is 0 Å². The summed E-state index contributed by atoms with van der Waals surface area (Å²) < 4.78 is 1.76. The Bertz CT molecular complexity index is 1350. The molecule has 0 radical (unpaired) electrons. The number of pyridine rings is 2. The van der Waals surface area contributed by atoms with Crippen LogP contribution in [-0.2, 0) is 6.54 Å². The Labute approximate surface area is 172 Å². The number of carbonyl (C=O) groups excluding carboxylic acids is 1. The van der Waals surface area contributed by atoms with Gasteiger partial charge in [-0.1, -0.05) is 12.1 Å². The first kappa shape index (κ1) is 18.1. The van der Waals surface area contributed by atoms with Gasteiger partial charge >= 0.3 is 0 Å². The molecule has 0 spiro atoms. The second kappa shape index (κ2) is 7.46. The lowest BCUT2D eigenvalue weighted by Crippen LogP contribution is -2.12. The number of fused-ring (bicyclic) bond motifs is 2. The number of aromatic amines is 1. The van der Waals surface area contributed by atoms with Crippen LogP contribution in [0.4, 0.5) is 5.69 Å². The standard InChI is InChI=1S/C23H20N6O/c1-24-12-15-2-4-19(5-3-15)28-23(30)17-7-9-29-21(11-17)20(14-27-29)18-10-16-6-8-25-22(16)26-13-18/h2-11,13-14,24H,12H2,1H3,(H,25,26)(H,28,30). The van der Waals surface area contributed by atoms with E-state index in [9.17, 15) is 4.79 Å². The number of carbonyl (C=O) groups is 1. The van der Waals surface area contributed by atoms with E-state index in [1.165, 1.54) is 0 Å². The number of hydrogen-bond donors (Lipinski definition) is 3. The van der Waals surface area contributed by atoms with Crippen LogP contribution in [0.15, 0.2) is 73.3 Å². The van der Waals surface area contributed by atoms with Crippen LogP contribution in [0.2, 0.25) is 0 Å². The second-order valence-electron chi connectivity index (χ2n) is 7.12. The summed E-state index contributed by atoms with van der Waals surface area (Å²) in [7, 11) is 1.91. The zero-order valence-corrected chi connectivity index (χ0v) is 16.4. The Hall–Kier alpha value is -3.97. The predicted molar refractivity (Wildman–Crippen MR) is 117 cm³/mol. The first-order valence-electron chi connectivity index (χ1n) is 9.67. The molecular formula is C23H20N6O. The van der Waals surface area contributed by atoms with Gasteiger partial charge in [0.1, 0.15) is 5.65 Å². The fourth-order valence-corrected chi connectivity index (χ4v) is 3.54. The fraction of sp³-hybridized carbons (Fsp3) is 0.0870. The Morgan fingerprint density at radius 2 is 1.97 bits per heavy atom. The van der Waals surface area contributed by atoms with E-state index in [2.05, 4.69) is 31.8 Å². The molecule has 0 unspecified atom stereocenters. The number of aromatic nitrogens is 4. The molecule has 0 saturated carbocycles. The molecule has 0 atom stereocenters. The maximum absolute atomic E-state index is 12.8. The second-order valence-corrected chi connectivity index (χ2v) is 7.12. The summed E-state index contributed by atoms with van der Waals surface area (Å²) in [5.74, 6) is -0.162. The molecule has 0 bridgehead atoms. The van der Waals surface area contributed by atoms with Gasteiger partial charge in [0.05, 0.1) is 11.7 Å². The maximum Gasteiger partial charge on any atom is 0.255 e. The monoisotopic (exact) mass is 396 g/mol. The summed E-state index contributed by atoms with van der Waals surface area (Å²) in [5, 5.41) is 11.5. The number of hydrogen-bond acceptors (Lipinski definition) is 4. The first-order chi connectivity index (χ1) is 14.7. The predicted octanol–water partition coefficient (Wildman–Crippen LogP) is 3.85. The smallest absolute Gasteiger partial charge is 0.255 e. The molecule has 3 N–H and O–H groups in total. The van der Waals surface area contributed by atoms with Crippen molar-refractivity contribution in [2.45, 2.75) is 6.54 Å². The Morgan fingerprint density at radius 3 is 2.80 bits per heavy atom. The van der Waals surface area contributed by atoms with Crippen molar-refractivity contribution in [1.29, 1.82) is 0 Å². The quantitative estimate of drug-likeness (QED) is 0.421. The molecule has 1 amide bonds. The van der Waals surface area contributed by atoms with Gasteiger partial charge in [0, 0.05) is 52.9 Å². The highest BCUT2D eigenvalue weighted by atomic mass is 16.1. The van der Waals surface area contributed by atoms with Gasteiger partial charge in [0.15, 0.2) is 0 Å². The van der Waals surface area contributed by atoms with Crippen LogP contribution in [0.5, 0.6) is 0 Å². The van der Waals surface area contributed by atoms with Crippen molar-refractivity contribution >= 4 is 28.1 Å². The zero-order valence-electron chi connectivity index (χ0n) is 16.4. The average molecular weight is 396 g/mol. The van der Waals surface area contributed by atoms with Gasteiger partial charge in [-0.05, 0) is 49.0 Å². The lowest BCUT2D eigenvalue weighted by Gasteiger charge is -2.07. The third-order valence-electron chi connectivity index (χ3n) is 5.09. The normalized spacial score (nSPS) is 11.2. The van der Waals surface area contributed by atoms with Crippen molar-refractivity contribution < 1.29 is 4.79 Å². The van der Waals surface area contributed by atoms with Gasteiger partial charge in [-0.3, -0.25) is 4.79 Å². The number of amides is 1. The Balaban J connectivity index is 1.45. The van der Waals surface area contributed by atoms with Gasteiger partial charge < -0.3 is 15.6 Å². The van der Waals surface area contributed by atoms with E-state index in [4.69, 9.17) is 0 Å². The van der Waals surface area contributed by atoms with Gasteiger partial charge in [0.2, 0.25) is 0 Å². The minimum absolute atomic E-state index is 0.162. The average Bonchev–Trinajstić information content (AvgIpc) is 3.41. The van der Waals surface area contributed by atoms with E-state index < -0.39 is 0 Å². The van der Waals surface area contributed by atoms with Crippen LogP contribution in [0.1, 0.15) is 15.9 Å². The van der Waals surface area contributed by atoms with Crippen LogP contribution in [0.25, 0.3) is 27.7 Å². The van der Waals surface area contributed by atoms with E-state index in [0.717, 1.165) is 45.5 Å². The molecule has 7 nitrogen and oxygen atoms in total. The summed E-state index contributed by atoms with van der Waals surface area (Å²) in [4.78, 5) is 20.4. The SMILES string of the molecule is CNCc1ccc(NC(=O)c2ccn3ncc(-c4cnc5[nH]ccc5c4)c3c2)cc1. The van der Waals surface area contributed by atoms with Crippen LogP contribution in [-0.4, -0.2) is 32.5 Å². The van der Waals surface area contributed by atoms with E-state index in [-0.39, 0.29) is 5.91 Å². The molecule has 1 aromatic carbocycles. The number of nitrogens with zero attached hydrogens (tertiary/aromatic N) is 3. The van der Waals surface area contributed by atoms with Gasteiger partial charge in [-0.25, -0.2) is 9.50 Å². The van der Waals surface area contributed by atoms with Crippen molar-refractivity contribution in [1.82, 2.24) is 24.9 Å². The van der Waals surface area contributed by atoms with Crippen molar-refractivity contribution in [2.75, 3.05) is 12.4 Å². The summed E-state index contributed by atoms with van der Waals surface area (Å²) in [5.41, 5.74) is 6.06. The first-order valence-corrected chi connectivity index (χ1v) is 9.67. The minimum Gasteiger partial charge on any atom is -0.346 e. The van der Waals surface area contributed by atoms with Crippen molar-refractivity contribution in [3.8, 4) is 11.1 Å². The van der Waals surface area contributed by atoms with Gasteiger partial charge in [-0.15, -0.1) is 0 Å². The molecule has 4 heterocycles. The number of nitrogens with one attached hydrogen (secondary N) is 3. The molecule has 7 heteroatoms. The molecular weight excluding hydrogens is 376 g/mol. The van der Waals surface area contributed by atoms with E-state index in [1.807, 2.05) is 55.8 Å². The maximum atomic E-state index is 12.8. The number of anilines is 1. The van der Waals surface area contributed by atoms with E-state index in [1.54, 1.807) is 23.0 Å². The highest BCUT2D eigenvalue weighted by Crippen LogP contribution is 2.27. The van der Waals surface area contributed by atoms with Crippen molar-refractivity contribution in [3.63, 3.8) is 0 Å². The number of benzene rings is 1. The Morgan fingerprint density at radius 1 is 1.10 bits per heavy atom. The zero-order chi connectivity index (χ0) is 20.5. The number of rotatable bonds is 5.